The van der Waals surface area contributed by atoms with Gasteiger partial charge in [0, 0.05) is 0 Å². The minimum Gasteiger partial charge on any atom is -0.480 e. The highest BCUT2D eigenvalue weighted by atomic mass is 35.6. The second-order valence-corrected chi connectivity index (χ2v) is 14.0. The van der Waals surface area contributed by atoms with Crippen LogP contribution in [0.5, 0.6) is 0 Å². The van der Waals surface area contributed by atoms with E-state index in [9.17, 15) is 14.5 Å². The van der Waals surface area contributed by atoms with E-state index in [-0.39, 0.29) is 6.42 Å². The lowest BCUT2D eigenvalue weighted by atomic mass is 10.0. The Hall–Kier alpha value is -0.240. The summed E-state index contributed by atoms with van der Waals surface area (Å²) in [6.07, 6.45) is -0.424. The zero-order chi connectivity index (χ0) is 24.7. The standard InChI is InChI=1S/C20H20Cl6NO5P/c21-19(22,23)11-31-33(30,32-12-20(24,25)26)13-27-17(18(28)29)10-14-6-8-16(9-7-14)15-4-2-1-3-5-15/h1-9,17,27H,10-13H2,(H,28,29)/t17-/m0/s1. The third-order valence-corrected chi connectivity index (χ3v) is 6.45. The number of carboxylic acid groups (broad SMARTS) is 1. The maximum atomic E-state index is 13.0. The first kappa shape index (κ1) is 29.0. The molecule has 2 aromatic carbocycles. The van der Waals surface area contributed by atoms with E-state index >= 15 is 0 Å². The van der Waals surface area contributed by atoms with Crippen molar-refractivity contribution in [1.82, 2.24) is 5.32 Å². The molecule has 0 amide bonds. The van der Waals surface area contributed by atoms with Gasteiger partial charge in [-0.3, -0.25) is 14.7 Å². The van der Waals surface area contributed by atoms with E-state index in [2.05, 4.69) is 5.32 Å². The van der Waals surface area contributed by atoms with Crippen molar-refractivity contribution in [3.63, 3.8) is 0 Å². The number of benzene rings is 2. The summed E-state index contributed by atoms with van der Waals surface area (Å²) >= 11 is 33.9. The average Bonchev–Trinajstić information content (AvgIpc) is 2.74. The van der Waals surface area contributed by atoms with Crippen LogP contribution in [0.25, 0.3) is 11.1 Å². The van der Waals surface area contributed by atoms with E-state index in [4.69, 9.17) is 78.7 Å². The number of hydrogen-bond donors (Lipinski definition) is 2. The van der Waals surface area contributed by atoms with Gasteiger partial charge < -0.3 is 14.2 Å². The van der Waals surface area contributed by atoms with Gasteiger partial charge >= 0.3 is 13.6 Å². The Balaban J connectivity index is 2.07. The second-order valence-electron chi connectivity index (χ2n) is 6.91. The van der Waals surface area contributed by atoms with Crippen LogP contribution in [0.1, 0.15) is 5.56 Å². The molecule has 2 aromatic rings. The third kappa shape index (κ3) is 11.4. The van der Waals surface area contributed by atoms with Gasteiger partial charge in [-0.15, -0.1) is 0 Å². The quantitative estimate of drug-likeness (QED) is 0.217. The van der Waals surface area contributed by atoms with Crippen LogP contribution in [-0.2, 0) is 24.8 Å². The Morgan fingerprint density at radius 2 is 1.36 bits per heavy atom. The van der Waals surface area contributed by atoms with E-state index in [1.165, 1.54) is 0 Å². The molecule has 1 atom stereocenters. The molecule has 0 saturated heterocycles. The molecule has 0 bridgehead atoms. The van der Waals surface area contributed by atoms with E-state index in [0.717, 1.165) is 16.7 Å². The first-order chi connectivity index (χ1) is 15.3. The number of hydrogen-bond acceptors (Lipinski definition) is 5. The lowest BCUT2D eigenvalue weighted by Gasteiger charge is -2.24. The summed E-state index contributed by atoms with van der Waals surface area (Å²) in [7, 11) is -4.04. The predicted octanol–water partition coefficient (Wildman–Crippen LogP) is 6.86. The summed E-state index contributed by atoms with van der Waals surface area (Å²) in [6, 6.07) is 16.0. The topological polar surface area (TPSA) is 84.9 Å². The maximum Gasteiger partial charge on any atom is 0.344 e. The van der Waals surface area contributed by atoms with Crippen molar-refractivity contribution in [2.24, 2.45) is 0 Å². The minimum atomic E-state index is -4.04. The molecule has 0 unspecified atom stereocenters. The molecule has 0 aliphatic rings. The number of carboxylic acids is 1. The maximum absolute atomic E-state index is 13.0. The van der Waals surface area contributed by atoms with Gasteiger partial charge in [0.15, 0.2) is 0 Å². The van der Waals surface area contributed by atoms with Crippen LogP contribution < -0.4 is 5.32 Å². The van der Waals surface area contributed by atoms with Gasteiger partial charge in [0.1, 0.15) is 19.3 Å². The van der Waals surface area contributed by atoms with Gasteiger partial charge in [-0.2, -0.15) is 0 Å². The highest BCUT2D eigenvalue weighted by Gasteiger charge is 2.35. The Kier molecular flexibility index (Phi) is 11.1. The highest BCUT2D eigenvalue weighted by molar-refractivity contribution is 7.53. The Morgan fingerprint density at radius 3 is 1.82 bits per heavy atom. The smallest absolute Gasteiger partial charge is 0.344 e. The molecular formula is C20H20Cl6NO5P. The van der Waals surface area contributed by atoms with Crippen LogP contribution in [0.4, 0.5) is 0 Å². The highest BCUT2D eigenvalue weighted by Crippen LogP contribution is 2.50. The summed E-state index contributed by atoms with van der Waals surface area (Å²) in [5, 5.41) is 12.3. The monoisotopic (exact) mass is 595 g/mol. The molecule has 0 spiro atoms. The molecule has 0 radical (unpaired) electrons. The van der Waals surface area contributed by atoms with Gasteiger partial charge in [-0.05, 0) is 23.1 Å². The molecule has 2 rings (SSSR count). The van der Waals surface area contributed by atoms with Crippen molar-refractivity contribution in [3.8, 4) is 11.1 Å². The van der Waals surface area contributed by atoms with Gasteiger partial charge in [-0.1, -0.05) is 124 Å². The van der Waals surface area contributed by atoms with Crippen LogP contribution in [0.15, 0.2) is 54.6 Å². The van der Waals surface area contributed by atoms with Crippen molar-refractivity contribution >= 4 is 83.2 Å². The molecule has 6 nitrogen and oxygen atoms in total. The average molecular weight is 598 g/mol. The van der Waals surface area contributed by atoms with Crippen molar-refractivity contribution in [1.29, 1.82) is 0 Å². The van der Waals surface area contributed by atoms with Gasteiger partial charge in [0.25, 0.3) is 0 Å². The summed E-state index contributed by atoms with van der Waals surface area (Å²) < 4.78 is 19.6. The zero-order valence-electron chi connectivity index (χ0n) is 16.9. The molecule has 2 N–H and O–H groups in total. The first-order valence-corrected chi connectivity index (χ1v) is 13.4. The van der Waals surface area contributed by atoms with Crippen molar-refractivity contribution in [3.05, 3.63) is 60.2 Å². The lowest BCUT2D eigenvalue weighted by Crippen LogP contribution is -2.39. The van der Waals surface area contributed by atoms with Gasteiger partial charge in [0.05, 0.1) is 6.29 Å². The second kappa shape index (κ2) is 12.6. The molecule has 33 heavy (non-hydrogen) atoms. The Bertz CT molecular complexity index is 928. The summed E-state index contributed by atoms with van der Waals surface area (Å²) in [5.41, 5.74) is 2.77. The third-order valence-electron chi connectivity index (χ3n) is 4.18. The minimum absolute atomic E-state index is 0.0965. The molecule has 0 fully saturated rings. The van der Waals surface area contributed by atoms with Gasteiger partial charge in [-0.25, -0.2) is 0 Å². The molecular weight excluding hydrogens is 578 g/mol. The van der Waals surface area contributed by atoms with Crippen LogP contribution in [0.3, 0.4) is 0 Å². The number of rotatable bonds is 11. The fourth-order valence-electron chi connectivity index (χ4n) is 2.64. The largest absolute Gasteiger partial charge is 0.480 e. The number of halogens is 6. The van der Waals surface area contributed by atoms with Crippen LogP contribution in [-0.4, -0.2) is 44.2 Å². The SMILES string of the molecule is O=C(O)[C@H](Cc1ccc(-c2ccccc2)cc1)NCP(=O)(OCC(Cl)(Cl)Cl)OCC(Cl)(Cl)Cl. The fraction of sp³-hybridized carbons (Fsp3) is 0.350. The number of aliphatic carboxylic acids is 1. The summed E-state index contributed by atoms with van der Waals surface area (Å²) in [4.78, 5) is 11.8. The molecule has 0 aliphatic carbocycles. The normalized spacial score (nSPS) is 13.6. The Morgan fingerprint density at radius 1 is 0.879 bits per heavy atom. The zero-order valence-corrected chi connectivity index (χ0v) is 22.3. The van der Waals surface area contributed by atoms with E-state index in [1.54, 1.807) is 0 Å². The van der Waals surface area contributed by atoms with Crippen molar-refractivity contribution < 1.29 is 23.5 Å². The first-order valence-electron chi connectivity index (χ1n) is 9.38. The molecule has 0 heterocycles. The predicted molar refractivity (Wildman–Crippen MR) is 135 cm³/mol. The van der Waals surface area contributed by atoms with Gasteiger partial charge in [0.2, 0.25) is 7.59 Å². The number of alkyl halides is 6. The molecule has 0 aromatic heterocycles. The fourth-order valence-corrected chi connectivity index (χ4v) is 4.91. The Labute approximate surface area is 221 Å². The van der Waals surface area contributed by atoms with Crippen LogP contribution >= 0.6 is 77.2 Å². The molecule has 0 aliphatic heterocycles. The number of carbonyl (C=O) groups is 1. The molecule has 182 valence electrons. The summed E-state index contributed by atoms with van der Waals surface area (Å²) in [5.74, 6) is -1.17. The van der Waals surface area contributed by atoms with E-state index in [0.29, 0.717) is 0 Å². The number of nitrogens with one attached hydrogen (secondary N) is 1. The van der Waals surface area contributed by atoms with Crippen molar-refractivity contribution in [2.45, 2.75) is 20.0 Å². The summed E-state index contributed by atoms with van der Waals surface area (Å²) in [6.45, 7) is -1.18. The molecule has 13 heteroatoms. The molecule has 0 saturated carbocycles. The van der Waals surface area contributed by atoms with Crippen molar-refractivity contribution in [2.75, 3.05) is 19.5 Å². The van der Waals surface area contributed by atoms with Crippen LogP contribution in [0, 0.1) is 0 Å². The lowest BCUT2D eigenvalue weighted by molar-refractivity contribution is -0.139. The van der Waals surface area contributed by atoms with E-state index < -0.39 is 46.7 Å². The van der Waals surface area contributed by atoms with Crippen LogP contribution in [0.2, 0.25) is 0 Å². The van der Waals surface area contributed by atoms with E-state index in [1.807, 2.05) is 54.6 Å².